The molecule has 1 aliphatic heterocycles. The van der Waals surface area contributed by atoms with E-state index in [-0.39, 0.29) is 5.56 Å². The summed E-state index contributed by atoms with van der Waals surface area (Å²) in [4.78, 5) is 22.9. The van der Waals surface area contributed by atoms with Crippen LogP contribution in [0.15, 0.2) is 29.3 Å². The van der Waals surface area contributed by atoms with E-state index in [1.54, 1.807) is 6.07 Å². The highest BCUT2D eigenvalue weighted by molar-refractivity contribution is 7.22. The number of hydrogen-bond acceptors (Lipinski definition) is 6. The van der Waals surface area contributed by atoms with Gasteiger partial charge in [0.25, 0.3) is 5.56 Å². The van der Waals surface area contributed by atoms with E-state index in [1.807, 2.05) is 16.7 Å². The Morgan fingerprint density at radius 2 is 2.00 bits per heavy atom. The van der Waals surface area contributed by atoms with Crippen molar-refractivity contribution in [1.82, 2.24) is 14.5 Å². The fourth-order valence-electron chi connectivity index (χ4n) is 2.71. The summed E-state index contributed by atoms with van der Waals surface area (Å²) in [5, 5.41) is 1.83. The van der Waals surface area contributed by atoms with Crippen LogP contribution in [0.3, 0.4) is 0 Å². The number of benzene rings is 1. The molecule has 0 N–H and O–H groups in total. The Balaban J connectivity index is 1.73. The van der Waals surface area contributed by atoms with Gasteiger partial charge >= 0.3 is 0 Å². The van der Waals surface area contributed by atoms with Gasteiger partial charge in [0.05, 0.1) is 29.8 Å². The molecule has 0 saturated carbocycles. The minimum Gasteiger partial charge on any atom is -0.378 e. The van der Waals surface area contributed by atoms with E-state index < -0.39 is 0 Å². The molecule has 0 atom stereocenters. The molecule has 3 aromatic rings. The molecule has 0 bridgehead atoms. The SMILES string of the molecule is O=c1ncn(Cc2ccc(Cl)c(Cl)c2)c2nc(N3CCOCC3)sc12. The van der Waals surface area contributed by atoms with Crippen molar-refractivity contribution < 1.29 is 4.74 Å². The number of thiazole rings is 1. The van der Waals surface area contributed by atoms with Crippen molar-refractivity contribution >= 4 is 50.0 Å². The third-order valence-corrected chi connectivity index (χ3v) is 5.83. The van der Waals surface area contributed by atoms with E-state index in [0.29, 0.717) is 40.2 Å². The quantitative estimate of drug-likeness (QED) is 0.680. The molecular weight excluding hydrogens is 383 g/mol. The van der Waals surface area contributed by atoms with Crippen molar-refractivity contribution in [2.75, 3.05) is 31.2 Å². The standard InChI is InChI=1S/C16H14Cl2N4O2S/c17-11-2-1-10(7-12(11)18)8-22-9-19-15(23)13-14(22)20-16(25-13)21-3-5-24-6-4-21/h1-2,7,9H,3-6,8H2. The van der Waals surface area contributed by atoms with Crippen molar-refractivity contribution in [3.8, 4) is 0 Å². The monoisotopic (exact) mass is 396 g/mol. The third kappa shape index (κ3) is 3.37. The first-order chi connectivity index (χ1) is 12.1. The molecule has 0 aliphatic carbocycles. The maximum atomic E-state index is 12.1. The molecule has 3 heterocycles. The number of aromatic nitrogens is 3. The minimum absolute atomic E-state index is 0.252. The Hall–Kier alpha value is -1.67. The van der Waals surface area contributed by atoms with E-state index in [0.717, 1.165) is 23.8 Å². The highest BCUT2D eigenvalue weighted by Gasteiger charge is 2.18. The zero-order valence-electron chi connectivity index (χ0n) is 13.1. The summed E-state index contributed by atoms with van der Waals surface area (Å²) in [5.41, 5.74) is 1.34. The Kier molecular flexibility index (Phi) is 4.64. The van der Waals surface area contributed by atoms with E-state index in [1.165, 1.54) is 17.7 Å². The molecule has 0 radical (unpaired) electrons. The smallest absolute Gasteiger partial charge is 0.292 e. The van der Waals surface area contributed by atoms with Gasteiger partial charge in [-0.2, -0.15) is 4.98 Å². The van der Waals surface area contributed by atoms with Gasteiger partial charge in [-0.3, -0.25) is 4.79 Å². The van der Waals surface area contributed by atoms with Crippen molar-refractivity contribution in [1.29, 1.82) is 0 Å². The summed E-state index contributed by atoms with van der Waals surface area (Å²) in [7, 11) is 0. The summed E-state index contributed by atoms with van der Waals surface area (Å²) < 4.78 is 7.79. The van der Waals surface area contributed by atoms with Gasteiger partial charge in [-0.15, -0.1) is 0 Å². The zero-order valence-corrected chi connectivity index (χ0v) is 15.4. The topological polar surface area (TPSA) is 60.2 Å². The first-order valence-electron chi connectivity index (χ1n) is 7.74. The number of fused-ring (bicyclic) bond motifs is 1. The Morgan fingerprint density at radius 3 is 2.76 bits per heavy atom. The van der Waals surface area contributed by atoms with Crippen LogP contribution in [0.2, 0.25) is 10.0 Å². The van der Waals surface area contributed by atoms with Crippen LogP contribution >= 0.6 is 34.5 Å². The molecule has 130 valence electrons. The van der Waals surface area contributed by atoms with Gasteiger partial charge < -0.3 is 14.2 Å². The summed E-state index contributed by atoms with van der Waals surface area (Å²) in [6.07, 6.45) is 1.52. The van der Waals surface area contributed by atoms with Crippen LogP contribution in [0, 0.1) is 0 Å². The van der Waals surface area contributed by atoms with Crippen LogP contribution in [0.4, 0.5) is 5.13 Å². The second-order valence-corrected chi connectivity index (χ2v) is 7.47. The third-order valence-electron chi connectivity index (χ3n) is 4.00. The van der Waals surface area contributed by atoms with Gasteiger partial charge in [0.2, 0.25) is 0 Å². The number of morpholine rings is 1. The molecular formula is C16H14Cl2N4O2S. The summed E-state index contributed by atoms with van der Waals surface area (Å²) in [6.45, 7) is 3.39. The van der Waals surface area contributed by atoms with E-state index >= 15 is 0 Å². The van der Waals surface area contributed by atoms with Crippen LogP contribution in [0.25, 0.3) is 10.3 Å². The highest BCUT2D eigenvalue weighted by Crippen LogP contribution is 2.28. The average Bonchev–Trinajstić information content (AvgIpc) is 3.08. The predicted octanol–water partition coefficient (Wildman–Crippen LogP) is 3.04. The number of hydrogen-bond donors (Lipinski definition) is 0. The van der Waals surface area contributed by atoms with Gasteiger partial charge in [-0.05, 0) is 17.7 Å². The van der Waals surface area contributed by atoms with Crippen molar-refractivity contribution in [3.05, 3.63) is 50.5 Å². The Morgan fingerprint density at radius 1 is 1.20 bits per heavy atom. The molecule has 1 aromatic carbocycles. The number of ether oxygens (including phenoxy) is 1. The molecule has 0 spiro atoms. The molecule has 0 amide bonds. The van der Waals surface area contributed by atoms with Crippen molar-refractivity contribution in [3.63, 3.8) is 0 Å². The lowest BCUT2D eigenvalue weighted by atomic mass is 10.2. The molecule has 6 nitrogen and oxygen atoms in total. The second kappa shape index (κ2) is 6.92. The molecule has 1 fully saturated rings. The predicted molar refractivity (Wildman–Crippen MR) is 100 cm³/mol. The number of nitrogens with zero attached hydrogens (tertiary/aromatic N) is 4. The fraction of sp³-hybridized carbons (Fsp3) is 0.312. The zero-order chi connectivity index (χ0) is 17.4. The van der Waals surface area contributed by atoms with E-state index in [9.17, 15) is 4.79 Å². The van der Waals surface area contributed by atoms with Gasteiger partial charge in [0.1, 0.15) is 11.0 Å². The van der Waals surface area contributed by atoms with Crippen LogP contribution in [0.5, 0.6) is 0 Å². The fourth-order valence-corrected chi connectivity index (χ4v) is 4.05. The Bertz CT molecular complexity index is 982. The van der Waals surface area contributed by atoms with Crippen molar-refractivity contribution in [2.45, 2.75) is 6.54 Å². The first kappa shape index (κ1) is 16.8. The van der Waals surface area contributed by atoms with E-state index in [2.05, 4.69) is 14.9 Å². The lowest BCUT2D eigenvalue weighted by molar-refractivity contribution is 0.122. The molecule has 0 unspecified atom stereocenters. The van der Waals surface area contributed by atoms with Crippen LogP contribution in [-0.2, 0) is 11.3 Å². The lowest BCUT2D eigenvalue weighted by Crippen LogP contribution is -2.36. The maximum absolute atomic E-state index is 12.1. The maximum Gasteiger partial charge on any atom is 0.292 e. The van der Waals surface area contributed by atoms with Gasteiger partial charge in [0, 0.05) is 13.1 Å². The lowest BCUT2D eigenvalue weighted by Gasteiger charge is -2.25. The van der Waals surface area contributed by atoms with Gasteiger partial charge in [0.15, 0.2) is 10.8 Å². The summed E-state index contributed by atoms with van der Waals surface area (Å²) in [6, 6.07) is 5.46. The van der Waals surface area contributed by atoms with Crippen LogP contribution in [0.1, 0.15) is 5.56 Å². The molecule has 9 heteroatoms. The molecule has 4 rings (SSSR count). The summed E-state index contributed by atoms with van der Waals surface area (Å²) >= 11 is 13.4. The van der Waals surface area contributed by atoms with Crippen molar-refractivity contribution in [2.24, 2.45) is 0 Å². The first-order valence-corrected chi connectivity index (χ1v) is 9.31. The number of halogens is 2. The number of anilines is 1. The number of rotatable bonds is 3. The van der Waals surface area contributed by atoms with Gasteiger partial charge in [-0.25, -0.2) is 4.98 Å². The van der Waals surface area contributed by atoms with Gasteiger partial charge in [-0.1, -0.05) is 40.6 Å². The largest absolute Gasteiger partial charge is 0.378 e. The van der Waals surface area contributed by atoms with Crippen LogP contribution in [-0.4, -0.2) is 40.8 Å². The normalized spacial score (nSPS) is 15.0. The summed E-state index contributed by atoms with van der Waals surface area (Å²) in [5.74, 6) is 0. The average molecular weight is 397 g/mol. The molecule has 1 saturated heterocycles. The van der Waals surface area contributed by atoms with E-state index in [4.69, 9.17) is 27.9 Å². The molecule has 2 aromatic heterocycles. The highest BCUT2D eigenvalue weighted by atomic mass is 35.5. The second-order valence-electron chi connectivity index (χ2n) is 5.67. The minimum atomic E-state index is -0.252. The van der Waals surface area contributed by atoms with Crippen LogP contribution < -0.4 is 10.5 Å². The molecule has 25 heavy (non-hydrogen) atoms. The Labute approximate surface area is 157 Å². The molecule has 1 aliphatic rings.